The van der Waals surface area contributed by atoms with Gasteiger partial charge in [0, 0.05) is 5.56 Å². The molecule has 0 aliphatic heterocycles. The van der Waals surface area contributed by atoms with Gasteiger partial charge in [-0.25, -0.2) is 4.79 Å². The molecule has 0 saturated heterocycles. The summed E-state index contributed by atoms with van der Waals surface area (Å²) in [5, 5.41) is 8.74. The lowest BCUT2D eigenvalue weighted by Gasteiger charge is -2.13. The van der Waals surface area contributed by atoms with Crippen molar-refractivity contribution >= 4 is 11.8 Å². The number of ether oxygens (including phenoxy) is 3. The van der Waals surface area contributed by atoms with Crippen LogP contribution in [0.15, 0.2) is 48.5 Å². The van der Waals surface area contributed by atoms with Crippen molar-refractivity contribution in [3.05, 3.63) is 59.7 Å². The van der Waals surface area contributed by atoms with Crippen molar-refractivity contribution < 1.29 is 23.8 Å². The van der Waals surface area contributed by atoms with Gasteiger partial charge in [-0.1, -0.05) is 0 Å². The molecule has 0 aliphatic rings. The number of rotatable bonds is 7. The molecule has 6 heteroatoms. The first-order valence-corrected chi connectivity index (χ1v) is 7.54. The highest BCUT2D eigenvalue weighted by Gasteiger charge is 2.18. The van der Waals surface area contributed by atoms with Crippen molar-refractivity contribution in [3.63, 3.8) is 0 Å². The molecule has 6 nitrogen and oxygen atoms in total. The van der Waals surface area contributed by atoms with Crippen LogP contribution in [-0.2, 0) is 9.53 Å². The SMILES string of the molecule is COc1ccc(C(=O)COC(=O)[C@@H](C)Oc2ccc(C#N)cc2)cc1. The molecule has 0 radical (unpaired) electrons. The van der Waals surface area contributed by atoms with E-state index >= 15 is 0 Å². The molecule has 0 unspecified atom stereocenters. The van der Waals surface area contributed by atoms with Crippen LogP contribution >= 0.6 is 0 Å². The summed E-state index contributed by atoms with van der Waals surface area (Å²) in [5.41, 5.74) is 0.918. The Labute approximate surface area is 145 Å². The molecule has 0 saturated carbocycles. The second-order valence-corrected chi connectivity index (χ2v) is 5.16. The third kappa shape index (κ3) is 5.08. The van der Waals surface area contributed by atoms with Crippen LogP contribution in [0.25, 0.3) is 0 Å². The molecule has 0 aliphatic carbocycles. The third-order valence-electron chi connectivity index (χ3n) is 3.39. The lowest BCUT2D eigenvalue weighted by Crippen LogP contribution is -2.28. The Morgan fingerprint density at radius 3 is 2.20 bits per heavy atom. The van der Waals surface area contributed by atoms with Crippen LogP contribution in [0.2, 0.25) is 0 Å². The fourth-order valence-corrected chi connectivity index (χ4v) is 1.97. The Morgan fingerprint density at radius 2 is 1.64 bits per heavy atom. The molecule has 2 rings (SSSR count). The average Bonchev–Trinajstić information content (AvgIpc) is 2.66. The topological polar surface area (TPSA) is 85.6 Å². The number of Topliss-reactive ketones (excluding diaryl/α,β-unsaturated/α-hetero) is 1. The van der Waals surface area contributed by atoms with Gasteiger partial charge in [-0.15, -0.1) is 0 Å². The van der Waals surface area contributed by atoms with Crippen molar-refractivity contribution in [2.75, 3.05) is 13.7 Å². The molecule has 128 valence electrons. The van der Waals surface area contributed by atoms with Crippen LogP contribution in [0.5, 0.6) is 11.5 Å². The first-order chi connectivity index (χ1) is 12.0. The van der Waals surface area contributed by atoms with Crippen LogP contribution in [-0.4, -0.2) is 31.6 Å². The first-order valence-electron chi connectivity index (χ1n) is 7.54. The summed E-state index contributed by atoms with van der Waals surface area (Å²) in [7, 11) is 1.54. The van der Waals surface area contributed by atoms with E-state index in [-0.39, 0.29) is 12.4 Å². The van der Waals surface area contributed by atoms with Gasteiger partial charge in [0.15, 0.2) is 18.5 Å². The lowest BCUT2D eigenvalue weighted by molar-refractivity contribution is -0.149. The minimum atomic E-state index is -0.878. The van der Waals surface area contributed by atoms with Gasteiger partial charge in [-0.3, -0.25) is 4.79 Å². The number of nitrogens with zero attached hydrogens (tertiary/aromatic N) is 1. The van der Waals surface area contributed by atoms with E-state index in [2.05, 4.69) is 0 Å². The summed E-state index contributed by atoms with van der Waals surface area (Å²) in [6.07, 6.45) is -0.878. The largest absolute Gasteiger partial charge is 0.497 e. The number of hydrogen-bond acceptors (Lipinski definition) is 6. The van der Waals surface area contributed by atoms with Crippen LogP contribution < -0.4 is 9.47 Å². The molecule has 25 heavy (non-hydrogen) atoms. The number of benzene rings is 2. The van der Waals surface area contributed by atoms with Crippen molar-refractivity contribution in [2.45, 2.75) is 13.0 Å². The van der Waals surface area contributed by atoms with E-state index < -0.39 is 12.1 Å². The highest BCUT2D eigenvalue weighted by Crippen LogP contribution is 2.14. The zero-order valence-corrected chi connectivity index (χ0v) is 13.9. The Balaban J connectivity index is 1.85. The first kappa shape index (κ1) is 18.0. The third-order valence-corrected chi connectivity index (χ3v) is 3.39. The normalized spacial score (nSPS) is 11.1. The smallest absolute Gasteiger partial charge is 0.347 e. The standard InChI is InChI=1S/C19H17NO5/c1-13(25-17-7-3-14(11-20)4-8-17)19(22)24-12-18(21)15-5-9-16(23-2)10-6-15/h3-10,13H,12H2,1-2H3/t13-/m1/s1. The van der Waals surface area contributed by atoms with Gasteiger partial charge in [0.05, 0.1) is 18.7 Å². The summed E-state index contributed by atoms with van der Waals surface area (Å²) < 4.78 is 15.4. The van der Waals surface area contributed by atoms with Crippen LogP contribution in [0, 0.1) is 11.3 Å². The molecule has 0 bridgehead atoms. The summed E-state index contributed by atoms with van der Waals surface area (Å²) in [4.78, 5) is 23.9. The molecule has 0 N–H and O–H groups in total. The van der Waals surface area contributed by atoms with E-state index in [0.717, 1.165) is 0 Å². The minimum Gasteiger partial charge on any atom is -0.497 e. The Morgan fingerprint density at radius 1 is 1.04 bits per heavy atom. The maximum atomic E-state index is 12.0. The lowest BCUT2D eigenvalue weighted by atomic mass is 10.1. The van der Waals surface area contributed by atoms with E-state index in [1.807, 2.05) is 6.07 Å². The number of methoxy groups -OCH3 is 1. The second kappa shape index (κ2) is 8.50. The molecule has 0 aromatic heterocycles. The summed E-state index contributed by atoms with van der Waals surface area (Å²) in [6.45, 7) is 1.16. The summed E-state index contributed by atoms with van der Waals surface area (Å²) in [6, 6.07) is 14.9. The quantitative estimate of drug-likeness (QED) is 0.569. The van der Waals surface area contributed by atoms with Gasteiger partial charge < -0.3 is 14.2 Å². The van der Waals surface area contributed by atoms with Crippen molar-refractivity contribution in [1.29, 1.82) is 5.26 Å². The van der Waals surface area contributed by atoms with Crippen molar-refractivity contribution in [3.8, 4) is 17.6 Å². The van der Waals surface area contributed by atoms with E-state index in [1.54, 1.807) is 48.5 Å². The van der Waals surface area contributed by atoms with E-state index in [9.17, 15) is 9.59 Å². The van der Waals surface area contributed by atoms with E-state index in [0.29, 0.717) is 22.6 Å². The minimum absolute atomic E-state index is 0.318. The number of carbonyl (C=O) groups is 2. The van der Waals surface area contributed by atoms with Crippen LogP contribution in [0.4, 0.5) is 0 Å². The highest BCUT2D eigenvalue weighted by atomic mass is 16.6. The number of esters is 1. The molecular formula is C19H17NO5. The predicted molar refractivity (Wildman–Crippen MR) is 89.5 cm³/mol. The number of carbonyl (C=O) groups excluding carboxylic acids is 2. The average molecular weight is 339 g/mol. The van der Waals surface area contributed by atoms with Crippen LogP contribution in [0.1, 0.15) is 22.8 Å². The number of hydrogen-bond donors (Lipinski definition) is 0. The monoisotopic (exact) mass is 339 g/mol. The van der Waals surface area contributed by atoms with Crippen molar-refractivity contribution in [1.82, 2.24) is 0 Å². The molecule has 0 fully saturated rings. The highest BCUT2D eigenvalue weighted by molar-refractivity contribution is 5.98. The van der Waals surface area contributed by atoms with Gasteiger partial charge >= 0.3 is 5.97 Å². The fourth-order valence-electron chi connectivity index (χ4n) is 1.97. The van der Waals surface area contributed by atoms with Gasteiger partial charge in [0.2, 0.25) is 0 Å². The summed E-state index contributed by atoms with van der Waals surface area (Å²) in [5.74, 6) is 0.107. The molecule has 0 amide bonds. The van der Waals surface area contributed by atoms with E-state index in [1.165, 1.54) is 14.0 Å². The Bertz CT molecular complexity index is 775. The molecule has 1 atom stereocenters. The van der Waals surface area contributed by atoms with E-state index in [4.69, 9.17) is 19.5 Å². The fraction of sp³-hybridized carbons (Fsp3) is 0.211. The molecular weight excluding hydrogens is 322 g/mol. The molecule has 2 aromatic rings. The zero-order valence-electron chi connectivity index (χ0n) is 13.9. The van der Waals surface area contributed by atoms with Gasteiger partial charge in [0.1, 0.15) is 11.5 Å². The second-order valence-electron chi connectivity index (χ2n) is 5.16. The number of nitriles is 1. The Hall–Kier alpha value is -3.33. The predicted octanol–water partition coefficient (Wildman–Crippen LogP) is 2.76. The molecule has 0 spiro atoms. The maximum Gasteiger partial charge on any atom is 0.347 e. The van der Waals surface area contributed by atoms with Gasteiger partial charge in [0.25, 0.3) is 0 Å². The number of ketones is 1. The molecule has 0 heterocycles. The Kier molecular flexibility index (Phi) is 6.13. The maximum absolute atomic E-state index is 12.0. The zero-order chi connectivity index (χ0) is 18.2. The van der Waals surface area contributed by atoms with Gasteiger partial charge in [-0.05, 0) is 55.5 Å². The van der Waals surface area contributed by atoms with Crippen molar-refractivity contribution in [2.24, 2.45) is 0 Å². The van der Waals surface area contributed by atoms with Gasteiger partial charge in [-0.2, -0.15) is 5.26 Å². The summed E-state index contributed by atoms with van der Waals surface area (Å²) >= 11 is 0. The van der Waals surface area contributed by atoms with Crippen LogP contribution in [0.3, 0.4) is 0 Å². The molecule has 2 aromatic carbocycles.